The summed E-state index contributed by atoms with van der Waals surface area (Å²) in [6.07, 6.45) is -10.3. The van der Waals surface area contributed by atoms with Crippen molar-refractivity contribution in [3.05, 3.63) is 178 Å². The van der Waals surface area contributed by atoms with E-state index in [0.717, 1.165) is 91.0 Å². The van der Waals surface area contributed by atoms with Gasteiger partial charge in [0, 0.05) is 0 Å². The van der Waals surface area contributed by atoms with E-state index in [4.69, 9.17) is 28.4 Å². The SMILES string of the molecule is O=C(OC[C@@H]1O[C@H](OC(=O)c2cccc(F)c2)[C@@H](OC(=O)c2cccc(F)c2)[C@H](OC(=O)c2cccc(F)c2)[C@H]1OC(=O)c1cccc(F)c1)c1cccc(F)c1. The average Bonchev–Trinajstić information content (AvgIpc) is 3.19. The molecule has 0 radical (unpaired) electrons. The Hall–Kier alpha value is -6.94. The molecule has 0 bridgehead atoms. The molecule has 0 unspecified atom stereocenters. The van der Waals surface area contributed by atoms with Gasteiger partial charge in [-0.2, -0.15) is 0 Å². The number of carbonyl (C=O) groups is 5. The van der Waals surface area contributed by atoms with E-state index in [1.807, 2.05) is 0 Å². The molecule has 6 rings (SSSR count). The zero-order valence-corrected chi connectivity index (χ0v) is 29.0. The number of carbonyl (C=O) groups excluding carboxylic acids is 5. The molecule has 0 aliphatic carbocycles. The van der Waals surface area contributed by atoms with Crippen molar-refractivity contribution in [2.45, 2.75) is 30.7 Å². The number of esters is 5. The number of ether oxygens (including phenoxy) is 6. The lowest BCUT2D eigenvalue weighted by Gasteiger charge is -2.43. The maximum absolute atomic E-state index is 14.3. The van der Waals surface area contributed by atoms with Gasteiger partial charge in [-0.25, -0.2) is 45.9 Å². The zero-order valence-electron chi connectivity index (χ0n) is 29.0. The molecule has 0 aromatic heterocycles. The maximum atomic E-state index is 14.3. The van der Waals surface area contributed by atoms with Crippen molar-refractivity contribution in [1.82, 2.24) is 0 Å². The fraction of sp³-hybridized carbons (Fsp3) is 0.146. The van der Waals surface area contributed by atoms with Crippen LogP contribution in [0.4, 0.5) is 22.0 Å². The van der Waals surface area contributed by atoms with Gasteiger partial charge in [0.25, 0.3) is 0 Å². The molecule has 5 aromatic rings. The number of rotatable bonds is 11. The molecule has 0 N–H and O–H groups in total. The summed E-state index contributed by atoms with van der Waals surface area (Å²) in [7, 11) is 0. The summed E-state index contributed by atoms with van der Waals surface area (Å²) in [4.78, 5) is 67.2. The molecule has 1 aliphatic rings. The van der Waals surface area contributed by atoms with Crippen LogP contribution in [0.1, 0.15) is 51.8 Å². The van der Waals surface area contributed by atoms with Crippen molar-refractivity contribution >= 4 is 29.8 Å². The lowest BCUT2D eigenvalue weighted by atomic mass is 9.97. The highest BCUT2D eigenvalue weighted by molar-refractivity contribution is 5.92. The van der Waals surface area contributed by atoms with Crippen molar-refractivity contribution in [2.75, 3.05) is 6.61 Å². The Morgan fingerprint density at radius 2 is 0.737 bits per heavy atom. The Balaban J connectivity index is 1.45. The monoisotopic (exact) mass is 790 g/mol. The molecule has 57 heavy (non-hydrogen) atoms. The van der Waals surface area contributed by atoms with Crippen molar-refractivity contribution in [3.8, 4) is 0 Å². The summed E-state index contributed by atoms with van der Waals surface area (Å²) in [6, 6.07) is 20.9. The Bertz CT molecular complexity index is 2320. The predicted octanol–water partition coefficient (Wildman–Crippen LogP) is 6.80. The van der Waals surface area contributed by atoms with Gasteiger partial charge >= 0.3 is 29.8 Å². The van der Waals surface area contributed by atoms with Gasteiger partial charge in [0.1, 0.15) is 41.8 Å². The number of halogens is 5. The Labute approximate surface area is 319 Å². The smallest absolute Gasteiger partial charge is 0.340 e. The molecule has 1 aliphatic heterocycles. The van der Waals surface area contributed by atoms with E-state index >= 15 is 0 Å². The third kappa shape index (κ3) is 10.0. The number of benzene rings is 5. The summed E-state index contributed by atoms with van der Waals surface area (Å²) in [5, 5.41) is 0. The largest absolute Gasteiger partial charge is 0.459 e. The van der Waals surface area contributed by atoms with Crippen LogP contribution in [0.3, 0.4) is 0 Å². The second-order valence-corrected chi connectivity index (χ2v) is 12.2. The van der Waals surface area contributed by atoms with E-state index in [-0.39, 0.29) is 16.7 Å². The van der Waals surface area contributed by atoms with Gasteiger partial charge in [-0.15, -0.1) is 0 Å². The van der Waals surface area contributed by atoms with Gasteiger partial charge in [0.15, 0.2) is 12.2 Å². The molecule has 0 amide bonds. The predicted molar refractivity (Wildman–Crippen MR) is 184 cm³/mol. The van der Waals surface area contributed by atoms with Gasteiger partial charge in [0.2, 0.25) is 12.4 Å². The Morgan fingerprint density at radius 1 is 0.421 bits per heavy atom. The van der Waals surface area contributed by atoms with Gasteiger partial charge in [-0.1, -0.05) is 30.3 Å². The third-order valence-corrected chi connectivity index (χ3v) is 8.22. The highest BCUT2D eigenvalue weighted by Gasteiger charge is 2.55. The molecule has 11 nitrogen and oxygen atoms in total. The maximum Gasteiger partial charge on any atom is 0.340 e. The van der Waals surface area contributed by atoms with Crippen molar-refractivity contribution in [3.63, 3.8) is 0 Å². The third-order valence-electron chi connectivity index (χ3n) is 8.22. The normalized spacial score (nSPS) is 18.8. The second kappa shape index (κ2) is 17.7. The summed E-state index contributed by atoms with van der Waals surface area (Å²) in [5.74, 6) is -10.6. The van der Waals surface area contributed by atoms with Crippen LogP contribution in [0.15, 0.2) is 121 Å². The van der Waals surface area contributed by atoms with Crippen molar-refractivity contribution in [2.24, 2.45) is 0 Å². The number of hydrogen-bond acceptors (Lipinski definition) is 11. The van der Waals surface area contributed by atoms with Gasteiger partial charge < -0.3 is 28.4 Å². The van der Waals surface area contributed by atoms with Gasteiger partial charge in [0.05, 0.1) is 27.8 Å². The molecule has 0 spiro atoms. The summed E-state index contributed by atoms with van der Waals surface area (Å²) in [5.41, 5.74) is -1.84. The minimum absolute atomic E-state index is 0.274. The van der Waals surface area contributed by atoms with Crippen molar-refractivity contribution in [1.29, 1.82) is 0 Å². The molecule has 16 heteroatoms. The fourth-order valence-electron chi connectivity index (χ4n) is 5.58. The van der Waals surface area contributed by atoms with Crippen LogP contribution in [-0.4, -0.2) is 67.2 Å². The number of hydrogen-bond donors (Lipinski definition) is 0. The standard InChI is InChI=1S/C41H27F5O11/c42-27-11-1-6-22(16-27)36(47)52-21-32-33(54-37(48)23-7-2-12-28(43)17-23)34(55-38(49)24-8-3-13-29(44)18-24)35(56-39(50)25-9-4-14-30(45)19-25)41(53-32)57-40(51)26-10-5-15-31(46)20-26/h1-20,32-35,41H,21H2/t32-,33-,34+,35-,41+/m0/s1. The van der Waals surface area contributed by atoms with E-state index in [1.54, 1.807) is 0 Å². The molecular weight excluding hydrogens is 763 g/mol. The summed E-state index contributed by atoms with van der Waals surface area (Å²) < 4.78 is 105. The average molecular weight is 791 g/mol. The lowest BCUT2D eigenvalue weighted by molar-refractivity contribution is -0.282. The summed E-state index contributed by atoms with van der Waals surface area (Å²) >= 11 is 0. The first kappa shape index (κ1) is 39.7. The zero-order chi connectivity index (χ0) is 40.6. The van der Waals surface area contributed by atoms with E-state index in [9.17, 15) is 45.9 Å². The van der Waals surface area contributed by atoms with Crippen LogP contribution < -0.4 is 0 Å². The van der Waals surface area contributed by atoms with Gasteiger partial charge in [-0.3, -0.25) is 0 Å². The Kier molecular flexibility index (Phi) is 12.3. The van der Waals surface area contributed by atoms with Crippen molar-refractivity contribution < 1.29 is 74.3 Å². The molecule has 1 heterocycles. The molecule has 292 valence electrons. The van der Waals surface area contributed by atoms with E-state index < -0.39 is 107 Å². The first-order valence-electron chi connectivity index (χ1n) is 16.8. The fourth-order valence-corrected chi connectivity index (χ4v) is 5.58. The molecule has 0 saturated carbocycles. The van der Waals surface area contributed by atoms with Crippen LogP contribution >= 0.6 is 0 Å². The molecular formula is C41H27F5O11. The molecule has 1 saturated heterocycles. The van der Waals surface area contributed by atoms with Crippen LogP contribution in [0.25, 0.3) is 0 Å². The first-order valence-corrected chi connectivity index (χ1v) is 16.8. The quantitative estimate of drug-likeness (QED) is 0.0793. The Morgan fingerprint density at radius 3 is 1.11 bits per heavy atom. The molecule has 1 fully saturated rings. The molecule has 5 aromatic carbocycles. The van der Waals surface area contributed by atoms with Crippen LogP contribution in [0, 0.1) is 29.1 Å². The topological polar surface area (TPSA) is 141 Å². The highest BCUT2D eigenvalue weighted by Crippen LogP contribution is 2.32. The van der Waals surface area contributed by atoms with Crippen LogP contribution in [0.2, 0.25) is 0 Å². The summed E-state index contributed by atoms with van der Waals surface area (Å²) in [6.45, 7) is -0.928. The first-order chi connectivity index (χ1) is 27.3. The lowest BCUT2D eigenvalue weighted by Crippen LogP contribution is -2.63. The van der Waals surface area contributed by atoms with E-state index in [2.05, 4.69) is 0 Å². The van der Waals surface area contributed by atoms with E-state index in [0.29, 0.717) is 0 Å². The van der Waals surface area contributed by atoms with Crippen LogP contribution in [-0.2, 0) is 28.4 Å². The van der Waals surface area contributed by atoms with E-state index in [1.165, 1.54) is 30.3 Å². The second-order valence-electron chi connectivity index (χ2n) is 12.2. The van der Waals surface area contributed by atoms with Gasteiger partial charge in [-0.05, 0) is 91.0 Å². The van der Waals surface area contributed by atoms with Crippen LogP contribution in [0.5, 0.6) is 0 Å². The molecule has 5 atom stereocenters. The highest BCUT2D eigenvalue weighted by atomic mass is 19.1. The minimum atomic E-state index is -2.18. The minimum Gasteiger partial charge on any atom is -0.459 e.